The zero-order valence-corrected chi connectivity index (χ0v) is 10.7. The summed E-state index contributed by atoms with van der Waals surface area (Å²) in [5.41, 5.74) is 0.999. The maximum Gasteiger partial charge on any atom is 0.509 e. The van der Waals surface area contributed by atoms with Crippen LogP contribution in [-0.4, -0.2) is 12.8 Å². The minimum atomic E-state index is -0.590. The lowest BCUT2D eigenvalue weighted by molar-refractivity contribution is 0.118. The standard InChI is InChI=1S/C17H12O3/c18-17-19-10-16(20-17)14-7-3-6-13-8-11-4-1-2-5-12(11)9-15(13)14/h1-9,16H,10H2. The first-order valence-corrected chi connectivity index (χ1v) is 6.56. The summed E-state index contributed by atoms with van der Waals surface area (Å²) in [7, 11) is 0. The molecule has 98 valence electrons. The molecule has 1 unspecified atom stereocenters. The third-order valence-corrected chi connectivity index (χ3v) is 3.72. The number of hydrogen-bond acceptors (Lipinski definition) is 3. The molecule has 0 spiro atoms. The lowest BCUT2D eigenvalue weighted by atomic mass is 9.97. The topological polar surface area (TPSA) is 35.5 Å². The SMILES string of the molecule is O=C1OCC(c2cccc3cc4ccccc4cc23)O1. The Hall–Kier alpha value is -2.55. The van der Waals surface area contributed by atoms with Crippen LogP contribution in [0.4, 0.5) is 4.79 Å². The summed E-state index contributed by atoms with van der Waals surface area (Å²) < 4.78 is 10.1. The number of benzene rings is 3. The molecule has 20 heavy (non-hydrogen) atoms. The summed E-state index contributed by atoms with van der Waals surface area (Å²) >= 11 is 0. The minimum Gasteiger partial charge on any atom is -0.430 e. The Bertz CT molecular complexity index is 823. The van der Waals surface area contributed by atoms with E-state index in [9.17, 15) is 4.79 Å². The average Bonchev–Trinajstić information content (AvgIpc) is 2.91. The van der Waals surface area contributed by atoms with Crippen LogP contribution in [0, 0.1) is 0 Å². The van der Waals surface area contributed by atoms with Crippen LogP contribution in [0.3, 0.4) is 0 Å². The molecule has 1 atom stereocenters. The lowest BCUT2D eigenvalue weighted by Gasteiger charge is -2.11. The summed E-state index contributed by atoms with van der Waals surface area (Å²) in [6.07, 6.45) is -0.903. The van der Waals surface area contributed by atoms with E-state index in [1.807, 2.05) is 24.3 Å². The van der Waals surface area contributed by atoms with Crippen LogP contribution in [0.25, 0.3) is 21.5 Å². The van der Waals surface area contributed by atoms with Crippen molar-refractivity contribution in [2.45, 2.75) is 6.10 Å². The van der Waals surface area contributed by atoms with Crippen molar-refractivity contribution in [2.24, 2.45) is 0 Å². The monoisotopic (exact) mass is 264 g/mol. The van der Waals surface area contributed by atoms with E-state index in [0.717, 1.165) is 16.3 Å². The van der Waals surface area contributed by atoms with E-state index in [2.05, 4.69) is 30.3 Å². The number of carbonyl (C=O) groups excluding carboxylic acids is 1. The van der Waals surface area contributed by atoms with E-state index < -0.39 is 6.16 Å². The van der Waals surface area contributed by atoms with E-state index >= 15 is 0 Å². The highest BCUT2D eigenvalue weighted by atomic mass is 16.8. The second kappa shape index (κ2) is 4.23. The Labute approximate surface area is 115 Å². The first kappa shape index (κ1) is 11.3. The maximum absolute atomic E-state index is 11.1. The van der Waals surface area contributed by atoms with Gasteiger partial charge in [0.25, 0.3) is 0 Å². The van der Waals surface area contributed by atoms with Crippen LogP contribution >= 0.6 is 0 Å². The van der Waals surface area contributed by atoms with Gasteiger partial charge in [-0.3, -0.25) is 0 Å². The highest BCUT2D eigenvalue weighted by Crippen LogP contribution is 2.32. The molecule has 0 bridgehead atoms. The summed E-state index contributed by atoms with van der Waals surface area (Å²) in [6, 6.07) is 18.6. The van der Waals surface area contributed by atoms with Crippen molar-refractivity contribution >= 4 is 27.7 Å². The molecule has 1 aliphatic heterocycles. The zero-order valence-electron chi connectivity index (χ0n) is 10.7. The average molecular weight is 264 g/mol. The number of fused-ring (bicyclic) bond motifs is 2. The van der Waals surface area contributed by atoms with Gasteiger partial charge in [-0.2, -0.15) is 0 Å². The van der Waals surface area contributed by atoms with Gasteiger partial charge in [0, 0.05) is 5.56 Å². The molecule has 3 aromatic rings. The van der Waals surface area contributed by atoms with Crippen LogP contribution in [-0.2, 0) is 9.47 Å². The molecule has 3 heteroatoms. The highest BCUT2D eigenvalue weighted by molar-refractivity contribution is 5.99. The second-order valence-electron chi connectivity index (χ2n) is 4.94. The summed E-state index contributed by atoms with van der Waals surface area (Å²) in [6.45, 7) is 0.283. The van der Waals surface area contributed by atoms with E-state index in [1.54, 1.807) is 0 Å². The van der Waals surface area contributed by atoms with Crippen molar-refractivity contribution in [3.8, 4) is 0 Å². The van der Waals surface area contributed by atoms with Gasteiger partial charge in [-0.05, 0) is 33.7 Å². The molecule has 0 N–H and O–H groups in total. The van der Waals surface area contributed by atoms with Crippen LogP contribution in [0.2, 0.25) is 0 Å². The van der Waals surface area contributed by atoms with Crippen LogP contribution in [0.5, 0.6) is 0 Å². The van der Waals surface area contributed by atoms with Crippen LogP contribution in [0.15, 0.2) is 54.6 Å². The van der Waals surface area contributed by atoms with E-state index in [1.165, 1.54) is 10.8 Å². The summed E-state index contributed by atoms with van der Waals surface area (Å²) in [4.78, 5) is 11.1. The molecule has 1 fully saturated rings. The van der Waals surface area contributed by atoms with Gasteiger partial charge in [0.2, 0.25) is 0 Å². The van der Waals surface area contributed by atoms with Gasteiger partial charge in [-0.1, -0.05) is 42.5 Å². The van der Waals surface area contributed by atoms with Gasteiger partial charge in [0.05, 0.1) is 0 Å². The molecule has 4 rings (SSSR count). The van der Waals surface area contributed by atoms with Crippen molar-refractivity contribution in [2.75, 3.05) is 6.61 Å². The first-order chi connectivity index (χ1) is 9.81. The van der Waals surface area contributed by atoms with E-state index in [-0.39, 0.29) is 12.7 Å². The van der Waals surface area contributed by atoms with Gasteiger partial charge in [-0.15, -0.1) is 0 Å². The lowest BCUT2D eigenvalue weighted by Crippen LogP contribution is -2.01. The number of carbonyl (C=O) groups is 1. The Morgan fingerprint density at radius 3 is 2.40 bits per heavy atom. The van der Waals surface area contributed by atoms with Crippen LogP contribution < -0.4 is 0 Å². The van der Waals surface area contributed by atoms with Gasteiger partial charge >= 0.3 is 6.16 Å². The fourth-order valence-electron chi connectivity index (χ4n) is 2.75. The van der Waals surface area contributed by atoms with Gasteiger partial charge < -0.3 is 9.47 Å². The third-order valence-electron chi connectivity index (χ3n) is 3.72. The summed E-state index contributed by atoms with van der Waals surface area (Å²) in [5.74, 6) is 0. The van der Waals surface area contributed by atoms with Crippen molar-refractivity contribution in [1.82, 2.24) is 0 Å². The Morgan fingerprint density at radius 1 is 0.900 bits per heavy atom. The predicted molar refractivity (Wildman–Crippen MR) is 76.6 cm³/mol. The van der Waals surface area contributed by atoms with Crippen molar-refractivity contribution in [3.63, 3.8) is 0 Å². The molecule has 0 saturated carbocycles. The number of hydrogen-bond donors (Lipinski definition) is 0. The fraction of sp³-hybridized carbons (Fsp3) is 0.118. The molecule has 1 heterocycles. The Balaban J connectivity index is 1.96. The number of cyclic esters (lactones) is 2. The van der Waals surface area contributed by atoms with Gasteiger partial charge in [-0.25, -0.2) is 4.79 Å². The molecule has 0 aliphatic carbocycles. The van der Waals surface area contributed by atoms with Gasteiger partial charge in [0.1, 0.15) is 6.61 Å². The van der Waals surface area contributed by atoms with Crippen molar-refractivity contribution in [1.29, 1.82) is 0 Å². The molecule has 0 aromatic heterocycles. The molecular formula is C17H12O3. The minimum absolute atomic E-state index is 0.283. The van der Waals surface area contributed by atoms with E-state index in [4.69, 9.17) is 9.47 Å². The molecule has 0 amide bonds. The molecule has 1 saturated heterocycles. The van der Waals surface area contributed by atoms with Crippen LogP contribution in [0.1, 0.15) is 11.7 Å². The predicted octanol–water partition coefficient (Wildman–Crippen LogP) is 4.20. The largest absolute Gasteiger partial charge is 0.509 e. The van der Waals surface area contributed by atoms with Gasteiger partial charge in [0.15, 0.2) is 6.10 Å². The summed E-state index contributed by atoms with van der Waals surface area (Å²) in [5, 5.41) is 4.63. The highest BCUT2D eigenvalue weighted by Gasteiger charge is 2.27. The van der Waals surface area contributed by atoms with Crippen molar-refractivity contribution in [3.05, 3.63) is 60.2 Å². The van der Waals surface area contributed by atoms with Crippen molar-refractivity contribution < 1.29 is 14.3 Å². The molecule has 3 aromatic carbocycles. The molecular weight excluding hydrogens is 252 g/mol. The quantitative estimate of drug-likeness (QED) is 0.488. The first-order valence-electron chi connectivity index (χ1n) is 6.56. The number of ether oxygens (including phenoxy) is 2. The fourth-order valence-corrected chi connectivity index (χ4v) is 2.75. The zero-order chi connectivity index (χ0) is 13.5. The molecule has 1 aliphatic rings. The normalized spacial score (nSPS) is 18.2. The third kappa shape index (κ3) is 1.71. The molecule has 3 nitrogen and oxygen atoms in total. The Morgan fingerprint density at radius 2 is 1.65 bits per heavy atom. The van der Waals surface area contributed by atoms with E-state index in [0.29, 0.717) is 0 Å². The smallest absolute Gasteiger partial charge is 0.430 e. The second-order valence-corrected chi connectivity index (χ2v) is 4.94. The number of rotatable bonds is 1. The maximum atomic E-state index is 11.1. The Kier molecular flexibility index (Phi) is 2.39. The molecule has 0 radical (unpaired) electrons.